The van der Waals surface area contributed by atoms with Crippen LogP contribution in [0.3, 0.4) is 0 Å². The molecule has 1 unspecified atom stereocenters. The first-order valence-corrected chi connectivity index (χ1v) is 9.49. The minimum absolute atomic E-state index is 0.342. The van der Waals surface area contributed by atoms with Gasteiger partial charge in [-0.05, 0) is 37.3 Å². The largest absolute Gasteiger partial charge is 0.493 e. The van der Waals surface area contributed by atoms with E-state index in [2.05, 4.69) is 14.7 Å². The average molecular weight is 415 g/mol. The first kappa shape index (κ1) is 20.4. The lowest BCUT2D eigenvalue weighted by atomic mass is 10.2. The molecule has 0 aliphatic carbocycles. The van der Waals surface area contributed by atoms with Crippen molar-refractivity contribution in [2.24, 2.45) is 0 Å². The number of hydrogen-bond donors (Lipinski definition) is 1. The SMILES string of the molecule is COc1ccc(-c2nsc(NC(=O)C(C)Oc3ccccc3OC)n2)cc1OC. The van der Waals surface area contributed by atoms with Crippen molar-refractivity contribution in [1.82, 2.24) is 9.36 Å². The van der Waals surface area contributed by atoms with E-state index >= 15 is 0 Å². The van der Waals surface area contributed by atoms with Gasteiger partial charge >= 0.3 is 0 Å². The van der Waals surface area contributed by atoms with Crippen molar-refractivity contribution < 1.29 is 23.7 Å². The molecule has 1 N–H and O–H groups in total. The third kappa shape index (κ3) is 4.75. The van der Waals surface area contributed by atoms with Gasteiger partial charge in [0.15, 0.2) is 34.9 Å². The summed E-state index contributed by atoms with van der Waals surface area (Å²) in [6.45, 7) is 1.65. The van der Waals surface area contributed by atoms with Gasteiger partial charge in [0, 0.05) is 17.1 Å². The maximum atomic E-state index is 12.5. The minimum atomic E-state index is -0.750. The molecule has 0 saturated carbocycles. The molecular weight excluding hydrogens is 394 g/mol. The van der Waals surface area contributed by atoms with E-state index in [1.165, 1.54) is 0 Å². The summed E-state index contributed by atoms with van der Waals surface area (Å²) in [6.07, 6.45) is -0.750. The number of rotatable bonds is 8. The lowest BCUT2D eigenvalue weighted by Gasteiger charge is -2.15. The van der Waals surface area contributed by atoms with Crippen LogP contribution in [-0.4, -0.2) is 42.7 Å². The van der Waals surface area contributed by atoms with Crippen LogP contribution in [0.2, 0.25) is 0 Å². The molecule has 3 rings (SSSR count). The van der Waals surface area contributed by atoms with Gasteiger partial charge in [0.2, 0.25) is 5.13 Å². The van der Waals surface area contributed by atoms with E-state index in [0.29, 0.717) is 34.0 Å². The number of nitrogens with zero attached hydrogens (tertiary/aromatic N) is 2. The Morgan fingerprint density at radius 3 is 2.31 bits per heavy atom. The number of aromatic nitrogens is 2. The first-order valence-electron chi connectivity index (χ1n) is 8.72. The molecule has 1 amide bonds. The molecule has 29 heavy (non-hydrogen) atoms. The summed E-state index contributed by atoms with van der Waals surface area (Å²) < 4.78 is 25.8. The van der Waals surface area contributed by atoms with Gasteiger partial charge in [0.05, 0.1) is 21.3 Å². The third-order valence-corrected chi connectivity index (χ3v) is 4.67. The first-order chi connectivity index (χ1) is 14.0. The van der Waals surface area contributed by atoms with E-state index in [0.717, 1.165) is 17.1 Å². The highest BCUT2D eigenvalue weighted by atomic mass is 32.1. The fraction of sp³-hybridized carbons (Fsp3) is 0.250. The highest BCUT2D eigenvalue weighted by Gasteiger charge is 2.19. The van der Waals surface area contributed by atoms with Crippen LogP contribution in [0.1, 0.15) is 6.92 Å². The molecule has 0 aliphatic rings. The molecule has 152 valence electrons. The Morgan fingerprint density at radius 1 is 0.966 bits per heavy atom. The second-order valence-electron chi connectivity index (χ2n) is 5.89. The van der Waals surface area contributed by atoms with E-state index in [9.17, 15) is 4.79 Å². The highest BCUT2D eigenvalue weighted by Crippen LogP contribution is 2.32. The summed E-state index contributed by atoms with van der Waals surface area (Å²) in [6, 6.07) is 12.5. The van der Waals surface area contributed by atoms with Gasteiger partial charge in [0.1, 0.15) is 0 Å². The van der Waals surface area contributed by atoms with Crippen LogP contribution in [-0.2, 0) is 4.79 Å². The zero-order valence-corrected chi connectivity index (χ0v) is 17.3. The number of benzene rings is 2. The molecule has 0 radical (unpaired) electrons. The molecule has 8 nitrogen and oxygen atoms in total. The maximum Gasteiger partial charge on any atom is 0.266 e. The summed E-state index contributed by atoms with van der Waals surface area (Å²) in [7, 11) is 4.68. The van der Waals surface area contributed by atoms with Crippen molar-refractivity contribution in [2.75, 3.05) is 26.6 Å². The Labute approximate surface area is 172 Å². The van der Waals surface area contributed by atoms with Crippen molar-refractivity contribution in [3.8, 4) is 34.4 Å². The quantitative estimate of drug-likeness (QED) is 0.600. The number of carbonyl (C=O) groups is 1. The molecule has 3 aromatic rings. The third-order valence-electron chi connectivity index (χ3n) is 4.04. The van der Waals surface area contributed by atoms with E-state index in [-0.39, 0.29) is 5.91 Å². The standard InChI is InChI=1S/C20H21N3O5S/c1-12(28-16-8-6-5-7-14(16)25-2)19(24)22-20-21-18(23-29-20)13-9-10-15(26-3)17(11-13)27-4/h5-12H,1-4H3,(H,21,22,23,24). The predicted octanol–water partition coefficient (Wildman–Crippen LogP) is 3.64. The van der Waals surface area contributed by atoms with Crippen molar-refractivity contribution in [3.05, 3.63) is 42.5 Å². The summed E-state index contributed by atoms with van der Waals surface area (Å²) >= 11 is 1.08. The molecule has 0 bridgehead atoms. The van der Waals surface area contributed by atoms with Crippen molar-refractivity contribution in [1.29, 1.82) is 0 Å². The molecule has 0 fully saturated rings. The number of ether oxygens (including phenoxy) is 4. The van der Waals surface area contributed by atoms with E-state index in [4.69, 9.17) is 18.9 Å². The Morgan fingerprint density at radius 2 is 1.62 bits per heavy atom. The van der Waals surface area contributed by atoms with Gasteiger partial charge in [-0.2, -0.15) is 9.36 Å². The average Bonchev–Trinajstić information content (AvgIpc) is 3.21. The summed E-state index contributed by atoms with van der Waals surface area (Å²) in [5.74, 6) is 2.36. The molecule has 0 saturated heterocycles. The normalized spacial score (nSPS) is 11.4. The smallest absolute Gasteiger partial charge is 0.266 e. The van der Waals surface area contributed by atoms with Crippen molar-refractivity contribution in [2.45, 2.75) is 13.0 Å². The second kappa shape index (κ2) is 9.24. The zero-order chi connectivity index (χ0) is 20.8. The molecular formula is C20H21N3O5S. The van der Waals surface area contributed by atoms with Crippen LogP contribution in [0.5, 0.6) is 23.0 Å². The van der Waals surface area contributed by atoms with Gasteiger partial charge in [-0.25, -0.2) is 0 Å². The molecule has 0 spiro atoms. The van der Waals surface area contributed by atoms with Crippen molar-refractivity contribution in [3.63, 3.8) is 0 Å². The second-order valence-corrected chi connectivity index (χ2v) is 6.64. The minimum Gasteiger partial charge on any atom is -0.493 e. The Bertz CT molecular complexity index is 992. The fourth-order valence-electron chi connectivity index (χ4n) is 2.53. The number of hydrogen-bond acceptors (Lipinski definition) is 8. The lowest BCUT2D eigenvalue weighted by Crippen LogP contribution is -2.30. The molecule has 1 heterocycles. The van der Waals surface area contributed by atoms with Crippen LogP contribution in [0.4, 0.5) is 5.13 Å². The van der Waals surface area contributed by atoms with Crippen LogP contribution in [0.25, 0.3) is 11.4 Å². The van der Waals surface area contributed by atoms with Gasteiger partial charge in [-0.3, -0.25) is 10.1 Å². The Hall–Kier alpha value is -3.33. The van der Waals surface area contributed by atoms with Gasteiger partial charge < -0.3 is 18.9 Å². The number of carbonyl (C=O) groups excluding carboxylic acids is 1. The number of methoxy groups -OCH3 is 3. The number of para-hydroxylation sites is 2. The van der Waals surface area contributed by atoms with Crippen molar-refractivity contribution >= 4 is 22.6 Å². The number of nitrogens with one attached hydrogen (secondary N) is 1. The van der Waals surface area contributed by atoms with Crippen LogP contribution < -0.4 is 24.3 Å². The number of amides is 1. The molecule has 1 aromatic heterocycles. The van der Waals surface area contributed by atoms with Gasteiger partial charge in [-0.1, -0.05) is 12.1 Å². The summed E-state index contributed by atoms with van der Waals surface area (Å²) in [4.78, 5) is 16.8. The number of anilines is 1. The molecule has 2 aromatic carbocycles. The molecule has 9 heteroatoms. The molecule has 1 atom stereocenters. The zero-order valence-electron chi connectivity index (χ0n) is 16.5. The lowest BCUT2D eigenvalue weighted by molar-refractivity contribution is -0.122. The summed E-state index contributed by atoms with van der Waals surface area (Å²) in [5, 5.41) is 3.10. The maximum absolute atomic E-state index is 12.5. The summed E-state index contributed by atoms with van der Waals surface area (Å²) in [5.41, 5.74) is 0.748. The molecule has 0 aliphatic heterocycles. The van der Waals surface area contributed by atoms with E-state index < -0.39 is 6.10 Å². The van der Waals surface area contributed by atoms with Crippen LogP contribution in [0, 0.1) is 0 Å². The topological polar surface area (TPSA) is 91.8 Å². The monoisotopic (exact) mass is 415 g/mol. The highest BCUT2D eigenvalue weighted by molar-refractivity contribution is 7.10. The Kier molecular flexibility index (Phi) is 6.50. The predicted molar refractivity (Wildman–Crippen MR) is 110 cm³/mol. The van der Waals surface area contributed by atoms with E-state index in [1.807, 2.05) is 18.2 Å². The Balaban J connectivity index is 1.68. The van der Waals surface area contributed by atoms with Gasteiger partial charge in [0.25, 0.3) is 5.91 Å². The fourth-order valence-corrected chi connectivity index (χ4v) is 3.13. The van der Waals surface area contributed by atoms with E-state index in [1.54, 1.807) is 52.5 Å². The van der Waals surface area contributed by atoms with Crippen LogP contribution >= 0.6 is 11.5 Å². The van der Waals surface area contributed by atoms with Gasteiger partial charge in [-0.15, -0.1) is 0 Å². The van der Waals surface area contributed by atoms with Crippen LogP contribution in [0.15, 0.2) is 42.5 Å².